The van der Waals surface area contributed by atoms with E-state index in [4.69, 9.17) is 0 Å². The summed E-state index contributed by atoms with van der Waals surface area (Å²) < 4.78 is 12.9. The van der Waals surface area contributed by atoms with Gasteiger partial charge in [-0.25, -0.2) is 4.39 Å². The number of hydrogen-bond donors (Lipinski definition) is 0. The first-order valence-electron chi connectivity index (χ1n) is 5.45. The van der Waals surface area contributed by atoms with Gasteiger partial charge in [0, 0.05) is 5.56 Å². The molecule has 0 aromatic heterocycles. The molecule has 2 aromatic carbocycles. The normalized spacial score (nSPS) is 10.3. The van der Waals surface area contributed by atoms with Gasteiger partial charge in [-0.05, 0) is 43.2 Å². The lowest BCUT2D eigenvalue weighted by Crippen LogP contribution is -1.97. The molecule has 86 valence electrons. The number of carbonyl (C=O) groups is 1. The highest BCUT2D eigenvalue weighted by Crippen LogP contribution is 2.25. The summed E-state index contributed by atoms with van der Waals surface area (Å²) in [6.07, 6.45) is 0. The molecular weight excluding hydrogens is 215 g/mol. The first-order valence-corrected chi connectivity index (χ1v) is 5.45. The van der Waals surface area contributed by atoms with Crippen molar-refractivity contribution in [3.8, 4) is 11.1 Å². The van der Waals surface area contributed by atoms with Crippen LogP contribution in [0, 0.1) is 12.7 Å². The van der Waals surface area contributed by atoms with Crippen LogP contribution in [0.5, 0.6) is 0 Å². The third kappa shape index (κ3) is 2.41. The number of rotatable bonds is 2. The van der Waals surface area contributed by atoms with Crippen LogP contribution in [0.25, 0.3) is 11.1 Å². The molecule has 0 fully saturated rings. The van der Waals surface area contributed by atoms with Crippen molar-refractivity contribution >= 4 is 5.78 Å². The van der Waals surface area contributed by atoms with Crippen LogP contribution in [0.1, 0.15) is 22.8 Å². The van der Waals surface area contributed by atoms with E-state index in [0.717, 1.165) is 16.7 Å². The molecule has 0 unspecified atom stereocenters. The van der Waals surface area contributed by atoms with E-state index in [1.54, 1.807) is 19.1 Å². The van der Waals surface area contributed by atoms with Gasteiger partial charge >= 0.3 is 0 Å². The summed E-state index contributed by atoms with van der Waals surface area (Å²) in [7, 11) is 0. The number of carbonyl (C=O) groups excluding carboxylic acids is 1. The second-order valence-electron chi connectivity index (χ2n) is 4.11. The van der Waals surface area contributed by atoms with Gasteiger partial charge in [-0.1, -0.05) is 29.8 Å². The van der Waals surface area contributed by atoms with Crippen molar-refractivity contribution in [1.29, 1.82) is 0 Å². The fourth-order valence-corrected chi connectivity index (χ4v) is 1.83. The van der Waals surface area contributed by atoms with Crippen LogP contribution in [0.4, 0.5) is 4.39 Å². The molecule has 1 nitrogen and oxygen atoms in total. The van der Waals surface area contributed by atoms with Gasteiger partial charge in [0.15, 0.2) is 5.78 Å². The average molecular weight is 228 g/mol. The highest BCUT2D eigenvalue weighted by atomic mass is 19.1. The lowest BCUT2D eigenvalue weighted by atomic mass is 9.96. The van der Waals surface area contributed by atoms with Gasteiger partial charge in [-0.2, -0.15) is 0 Å². The highest BCUT2D eigenvalue weighted by Gasteiger charge is 2.09. The third-order valence-corrected chi connectivity index (χ3v) is 2.71. The molecule has 0 bridgehead atoms. The molecule has 2 aromatic rings. The van der Waals surface area contributed by atoms with E-state index in [1.165, 1.54) is 12.1 Å². The van der Waals surface area contributed by atoms with Gasteiger partial charge in [-0.15, -0.1) is 0 Å². The Morgan fingerprint density at radius 1 is 1.06 bits per heavy atom. The molecule has 0 aliphatic rings. The predicted molar refractivity (Wildman–Crippen MR) is 66.6 cm³/mol. The molecule has 0 saturated heterocycles. The molecule has 0 heterocycles. The van der Waals surface area contributed by atoms with Crippen LogP contribution in [0.15, 0.2) is 42.5 Å². The van der Waals surface area contributed by atoms with Gasteiger partial charge in [0.1, 0.15) is 5.82 Å². The summed E-state index contributed by atoms with van der Waals surface area (Å²) in [6.45, 7) is 3.49. The lowest BCUT2D eigenvalue weighted by molar-refractivity contribution is 0.101. The Morgan fingerprint density at radius 2 is 1.71 bits per heavy atom. The monoisotopic (exact) mass is 228 g/mol. The highest BCUT2D eigenvalue weighted by molar-refractivity contribution is 6.01. The molecule has 0 spiro atoms. The quantitative estimate of drug-likeness (QED) is 0.710. The zero-order valence-electron chi connectivity index (χ0n) is 9.83. The largest absolute Gasteiger partial charge is 0.294 e. The van der Waals surface area contributed by atoms with Crippen molar-refractivity contribution in [3.05, 3.63) is 59.4 Å². The Labute approximate surface area is 99.9 Å². The number of Topliss-reactive ketones (excluding diaryl/α,β-unsaturated/α-hetero) is 1. The molecular formula is C15H13FO. The van der Waals surface area contributed by atoms with Crippen LogP contribution in [0.3, 0.4) is 0 Å². The van der Waals surface area contributed by atoms with Crippen LogP contribution >= 0.6 is 0 Å². The zero-order chi connectivity index (χ0) is 12.4. The van der Waals surface area contributed by atoms with Gasteiger partial charge < -0.3 is 0 Å². The van der Waals surface area contributed by atoms with E-state index < -0.39 is 0 Å². The Morgan fingerprint density at radius 3 is 2.29 bits per heavy atom. The van der Waals surface area contributed by atoms with Crippen LogP contribution in [-0.2, 0) is 0 Å². The predicted octanol–water partition coefficient (Wildman–Crippen LogP) is 4.00. The summed E-state index contributed by atoms with van der Waals surface area (Å²) in [5, 5.41) is 0. The second kappa shape index (κ2) is 4.50. The molecule has 0 N–H and O–H groups in total. The summed E-state index contributed by atoms with van der Waals surface area (Å²) in [5.41, 5.74) is 3.43. The minimum atomic E-state index is -0.273. The van der Waals surface area contributed by atoms with E-state index in [-0.39, 0.29) is 11.6 Å². The average Bonchev–Trinajstić information content (AvgIpc) is 2.30. The van der Waals surface area contributed by atoms with E-state index in [2.05, 4.69) is 0 Å². The van der Waals surface area contributed by atoms with Crippen LogP contribution in [0.2, 0.25) is 0 Å². The standard InChI is InChI=1S/C15H13FO/c1-10-3-8-14(15(9-10)11(2)17)12-4-6-13(16)7-5-12/h3-9H,1-2H3. The molecule has 17 heavy (non-hydrogen) atoms. The Kier molecular flexibility index (Phi) is 3.05. The van der Waals surface area contributed by atoms with Crippen molar-refractivity contribution in [1.82, 2.24) is 0 Å². The summed E-state index contributed by atoms with van der Waals surface area (Å²) in [5.74, 6) is -0.252. The van der Waals surface area contributed by atoms with Gasteiger partial charge in [-0.3, -0.25) is 4.79 Å². The first kappa shape index (κ1) is 11.5. The number of aryl methyl sites for hydroxylation is 1. The molecule has 0 aliphatic carbocycles. The number of halogens is 1. The van der Waals surface area contributed by atoms with Gasteiger partial charge in [0.25, 0.3) is 0 Å². The Hall–Kier alpha value is -1.96. The second-order valence-corrected chi connectivity index (χ2v) is 4.11. The molecule has 2 rings (SSSR count). The minimum absolute atomic E-state index is 0.0213. The maximum Gasteiger partial charge on any atom is 0.160 e. The molecule has 0 amide bonds. The summed E-state index contributed by atoms with van der Waals surface area (Å²) in [4.78, 5) is 11.6. The summed E-state index contributed by atoms with van der Waals surface area (Å²) >= 11 is 0. The van der Waals surface area contributed by atoms with Crippen molar-refractivity contribution in [3.63, 3.8) is 0 Å². The molecule has 0 aliphatic heterocycles. The number of benzene rings is 2. The minimum Gasteiger partial charge on any atom is -0.294 e. The molecule has 2 heteroatoms. The van der Waals surface area contributed by atoms with Crippen LogP contribution < -0.4 is 0 Å². The maximum absolute atomic E-state index is 12.9. The van der Waals surface area contributed by atoms with Crippen molar-refractivity contribution in [2.24, 2.45) is 0 Å². The zero-order valence-corrected chi connectivity index (χ0v) is 9.83. The van der Waals surface area contributed by atoms with Crippen molar-refractivity contribution in [2.75, 3.05) is 0 Å². The maximum atomic E-state index is 12.9. The fraction of sp³-hybridized carbons (Fsp3) is 0.133. The van der Waals surface area contributed by atoms with Gasteiger partial charge in [0.2, 0.25) is 0 Å². The lowest BCUT2D eigenvalue weighted by Gasteiger charge is -2.08. The van der Waals surface area contributed by atoms with Crippen LogP contribution in [-0.4, -0.2) is 5.78 Å². The topological polar surface area (TPSA) is 17.1 Å². The third-order valence-electron chi connectivity index (χ3n) is 2.71. The fourth-order valence-electron chi connectivity index (χ4n) is 1.83. The Bertz CT molecular complexity index is 556. The van der Waals surface area contributed by atoms with E-state index >= 15 is 0 Å². The van der Waals surface area contributed by atoms with E-state index in [1.807, 2.05) is 25.1 Å². The van der Waals surface area contributed by atoms with E-state index in [0.29, 0.717) is 5.56 Å². The van der Waals surface area contributed by atoms with Crippen molar-refractivity contribution < 1.29 is 9.18 Å². The SMILES string of the molecule is CC(=O)c1cc(C)ccc1-c1ccc(F)cc1. The molecule has 0 atom stereocenters. The van der Waals surface area contributed by atoms with Crippen molar-refractivity contribution in [2.45, 2.75) is 13.8 Å². The smallest absolute Gasteiger partial charge is 0.160 e. The Balaban J connectivity index is 2.58. The first-order chi connectivity index (χ1) is 8.08. The van der Waals surface area contributed by atoms with Gasteiger partial charge in [0.05, 0.1) is 0 Å². The summed E-state index contributed by atoms with van der Waals surface area (Å²) in [6, 6.07) is 11.9. The number of hydrogen-bond acceptors (Lipinski definition) is 1. The molecule has 0 radical (unpaired) electrons. The number of ketones is 1. The molecule has 0 saturated carbocycles. The van der Waals surface area contributed by atoms with E-state index in [9.17, 15) is 9.18 Å².